The molecule has 0 aliphatic rings. The van der Waals surface area contributed by atoms with Crippen molar-refractivity contribution in [2.24, 2.45) is 11.8 Å². The highest BCUT2D eigenvalue weighted by Gasteiger charge is 2.18. The van der Waals surface area contributed by atoms with Gasteiger partial charge in [0.25, 0.3) is 0 Å². The average molecular weight is 244 g/mol. The van der Waals surface area contributed by atoms with Crippen molar-refractivity contribution in [1.29, 1.82) is 0 Å². The first kappa shape index (κ1) is 16.6. The van der Waals surface area contributed by atoms with Gasteiger partial charge in [0.1, 0.15) is 5.78 Å². The number of hydrogen-bond acceptors (Lipinski definition) is 3. The van der Waals surface area contributed by atoms with Gasteiger partial charge in [0.2, 0.25) is 0 Å². The second-order valence-corrected chi connectivity index (χ2v) is 5.46. The highest BCUT2D eigenvalue weighted by atomic mass is 16.5. The van der Waals surface area contributed by atoms with Crippen LogP contribution in [0.2, 0.25) is 0 Å². The van der Waals surface area contributed by atoms with Crippen LogP contribution in [0.1, 0.15) is 48.0 Å². The molecule has 0 N–H and O–H groups in total. The third-order valence-corrected chi connectivity index (χ3v) is 2.46. The molecule has 0 aliphatic carbocycles. The summed E-state index contributed by atoms with van der Waals surface area (Å²) in [5.41, 5.74) is 0. The minimum atomic E-state index is 0.0931. The van der Waals surface area contributed by atoms with Gasteiger partial charge in [-0.1, -0.05) is 13.8 Å². The normalized spacial score (nSPS) is 12.1. The first-order valence-electron chi connectivity index (χ1n) is 6.58. The Bertz CT molecular complexity index is 198. The molecule has 3 heteroatoms. The predicted octanol–water partition coefficient (Wildman–Crippen LogP) is 3.07. The van der Waals surface area contributed by atoms with E-state index in [0.29, 0.717) is 19.6 Å². The average Bonchev–Trinajstić information content (AvgIpc) is 2.21. The van der Waals surface area contributed by atoms with Gasteiger partial charge in [-0.2, -0.15) is 0 Å². The molecule has 0 aromatic heterocycles. The Morgan fingerprint density at radius 2 is 1.29 bits per heavy atom. The quantitative estimate of drug-likeness (QED) is 0.625. The summed E-state index contributed by atoms with van der Waals surface area (Å²) in [6, 6.07) is 0. The van der Waals surface area contributed by atoms with Crippen molar-refractivity contribution in [2.75, 3.05) is 13.2 Å². The van der Waals surface area contributed by atoms with Crippen molar-refractivity contribution in [3.63, 3.8) is 0 Å². The maximum atomic E-state index is 11.7. The van der Waals surface area contributed by atoms with Crippen LogP contribution in [0, 0.1) is 11.8 Å². The Kier molecular flexibility index (Phi) is 8.44. The summed E-state index contributed by atoms with van der Waals surface area (Å²) in [5.74, 6) is 0.556. The fraction of sp³-hybridized carbons (Fsp3) is 0.929. The van der Waals surface area contributed by atoms with Crippen LogP contribution < -0.4 is 0 Å². The van der Waals surface area contributed by atoms with Crippen molar-refractivity contribution >= 4 is 5.78 Å². The van der Waals surface area contributed by atoms with Crippen molar-refractivity contribution in [3.05, 3.63) is 0 Å². The lowest BCUT2D eigenvalue weighted by molar-refractivity contribution is -0.124. The summed E-state index contributed by atoms with van der Waals surface area (Å²) in [4.78, 5) is 11.7. The fourth-order valence-corrected chi connectivity index (χ4v) is 1.34. The van der Waals surface area contributed by atoms with Crippen molar-refractivity contribution in [3.8, 4) is 0 Å². The number of ether oxygens (including phenoxy) is 2. The summed E-state index contributed by atoms with van der Waals surface area (Å²) in [5, 5.41) is 0. The zero-order valence-corrected chi connectivity index (χ0v) is 12.2. The maximum absolute atomic E-state index is 11.7. The van der Waals surface area contributed by atoms with E-state index in [1.54, 1.807) is 0 Å². The molecule has 0 spiro atoms. The van der Waals surface area contributed by atoms with Crippen molar-refractivity contribution < 1.29 is 14.3 Å². The van der Waals surface area contributed by atoms with Gasteiger partial charge in [0, 0.05) is 18.3 Å². The molecule has 0 atom stereocenters. The van der Waals surface area contributed by atoms with Gasteiger partial charge in [0.15, 0.2) is 0 Å². The lowest BCUT2D eigenvalue weighted by Crippen LogP contribution is -2.25. The molecule has 0 radical (unpaired) electrons. The van der Waals surface area contributed by atoms with E-state index < -0.39 is 0 Å². The van der Waals surface area contributed by atoms with Gasteiger partial charge in [-0.3, -0.25) is 4.79 Å². The Hall–Kier alpha value is -0.410. The van der Waals surface area contributed by atoms with Gasteiger partial charge in [0.05, 0.1) is 25.4 Å². The van der Waals surface area contributed by atoms with Gasteiger partial charge >= 0.3 is 0 Å². The van der Waals surface area contributed by atoms with Gasteiger partial charge in [-0.05, 0) is 27.7 Å². The van der Waals surface area contributed by atoms with E-state index in [9.17, 15) is 4.79 Å². The van der Waals surface area contributed by atoms with E-state index in [4.69, 9.17) is 9.47 Å². The van der Waals surface area contributed by atoms with Crippen molar-refractivity contribution in [1.82, 2.24) is 0 Å². The van der Waals surface area contributed by atoms with Crippen LogP contribution in [0.5, 0.6) is 0 Å². The topological polar surface area (TPSA) is 35.5 Å². The molecular weight excluding hydrogens is 216 g/mol. The SMILES string of the molecule is CC(C)OCC(COC(C)C)CC(=O)C(C)C. The summed E-state index contributed by atoms with van der Waals surface area (Å²) in [6.45, 7) is 13.1. The number of hydrogen-bond donors (Lipinski definition) is 0. The van der Waals surface area contributed by atoms with Crippen LogP contribution in [-0.2, 0) is 14.3 Å². The highest BCUT2D eigenvalue weighted by Crippen LogP contribution is 2.12. The Labute approximate surface area is 106 Å². The standard InChI is InChI=1S/C14H28O3/c1-10(2)14(15)7-13(8-16-11(3)4)9-17-12(5)6/h10-13H,7-9H2,1-6H3. The largest absolute Gasteiger partial charge is 0.378 e. The first-order valence-corrected chi connectivity index (χ1v) is 6.58. The smallest absolute Gasteiger partial charge is 0.135 e. The van der Waals surface area contributed by atoms with E-state index in [0.717, 1.165) is 0 Å². The molecule has 17 heavy (non-hydrogen) atoms. The molecule has 0 fully saturated rings. The Morgan fingerprint density at radius 1 is 0.882 bits per heavy atom. The van der Waals surface area contributed by atoms with Gasteiger partial charge < -0.3 is 9.47 Å². The molecule has 102 valence electrons. The van der Waals surface area contributed by atoms with Crippen LogP contribution in [0.4, 0.5) is 0 Å². The molecule has 0 saturated carbocycles. The lowest BCUT2D eigenvalue weighted by Gasteiger charge is -2.20. The molecule has 0 unspecified atom stereocenters. The molecule has 0 aromatic rings. The van der Waals surface area contributed by atoms with E-state index >= 15 is 0 Å². The second-order valence-electron chi connectivity index (χ2n) is 5.46. The number of ketones is 1. The molecule has 3 nitrogen and oxygen atoms in total. The molecule has 0 aliphatic heterocycles. The number of Topliss-reactive ketones (excluding diaryl/α,β-unsaturated/α-hetero) is 1. The molecule has 0 bridgehead atoms. The maximum Gasteiger partial charge on any atom is 0.135 e. The third-order valence-electron chi connectivity index (χ3n) is 2.46. The van der Waals surface area contributed by atoms with E-state index in [2.05, 4.69) is 0 Å². The Balaban J connectivity index is 4.14. The monoisotopic (exact) mass is 244 g/mol. The third kappa shape index (κ3) is 9.31. The first-order chi connectivity index (χ1) is 7.82. The zero-order valence-electron chi connectivity index (χ0n) is 12.2. The molecule has 0 amide bonds. The lowest BCUT2D eigenvalue weighted by atomic mass is 9.97. The van der Waals surface area contributed by atoms with Crippen LogP contribution in [0.25, 0.3) is 0 Å². The Morgan fingerprint density at radius 3 is 1.59 bits per heavy atom. The molecule has 0 rings (SSSR count). The van der Waals surface area contributed by atoms with Crippen LogP contribution in [-0.4, -0.2) is 31.2 Å². The van der Waals surface area contributed by atoms with Crippen molar-refractivity contribution in [2.45, 2.75) is 60.2 Å². The summed E-state index contributed by atoms with van der Waals surface area (Å²) < 4.78 is 11.2. The predicted molar refractivity (Wildman–Crippen MR) is 70.1 cm³/mol. The van der Waals surface area contributed by atoms with E-state index in [1.165, 1.54) is 0 Å². The summed E-state index contributed by atoms with van der Waals surface area (Å²) >= 11 is 0. The molecule has 0 saturated heterocycles. The minimum absolute atomic E-state index is 0.0931. The highest BCUT2D eigenvalue weighted by molar-refractivity contribution is 5.80. The molecule has 0 heterocycles. The van der Waals surface area contributed by atoms with E-state index in [1.807, 2.05) is 41.5 Å². The van der Waals surface area contributed by atoms with E-state index in [-0.39, 0.29) is 29.8 Å². The van der Waals surface area contributed by atoms with Crippen LogP contribution in [0.3, 0.4) is 0 Å². The minimum Gasteiger partial charge on any atom is -0.378 e. The second kappa shape index (κ2) is 8.65. The molecular formula is C14H28O3. The fourth-order valence-electron chi connectivity index (χ4n) is 1.34. The zero-order chi connectivity index (χ0) is 13.4. The molecule has 0 aromatic carbocycles. The van der Waals surface area contributed by atoms with Gasteiger partial charge in [-0.25, -0.2) is 0 Å². The summed E-state index contributed by atoms with van der Waals surface area (Å²) in [7, 11) is 0. The van der Waals surface area contributed by atoms with Crippen LogP contribution >= 0.6 is 0 Å². The number of carbonyl (C=O) groups excluding carboxylic acids is 1. The van der Waals surface area contributed by atoms with Gasteiger partial charge in [-0.15, -0.1) is 0 Å². The van der Waals surface area contributed by atoms with Crippen LogP contribution in [0.15, 0.2) is 0 Å². The summed E-state index contributed by atoms with van der Waals surface area (Å²) in [6.07, 6.45) is 0.952. The number of carbonyl (C=O) groups is 1. The number of rotatable bonds is 9.